The van der Waals surface area contributed by atoms with Gasteiger partial charge in [0.2, 0.25) is 0 Å². The first kappa shape index (κ1) is 14.8. The minimum absolute atomic E-state index is 0.242. The maximum atomic E-state index is 11.8. The number of aromatic nitrogens is 2. The molecule has 110 valence electrons. The van der Waals surface area contributed by atoms with Crippen molar-refractivity contribution in [2.24, 2.45) is 0 Å². The maximum absolute atomic E-state index is 11.8. The van der Waals surface area contributed by atoms with Crippen molar-refractivity contribution in [3.63, 3.8) is 0 Å². The molecule has 0 spiro atoms. The number of hydrogen-bond donors (Lipinski definition) is 2. The maximum Gasteiger partial charge on any atom is 0.271 e. The lowest BCUT2D eigenvalue weighted by atomic mass is 10.3. The van der Waals surface area contributed by atoms with Crippen molar-refractivity contribution in [3.8, 4) is 0 Å². The quantitative estimate of drug-likeness (QED) is 0.782. The number of nitrogen functional groups attached to an aromatic ring is 1. The first-order valence-corrected chi connectivity index (χ1v) is 6.79. The Morgan fingerprint density at radius 2 is 2.05 bits per heavy atom. The van der Waals surface area contributed by atoms with E-state index in [1.54, 1.807) is 0 Å². The summed E-state index contributed by atoms with van der Waals surface area (Å²) in [5.41, 5.74) is 6.90. The minimum Gasteiger partial charge on any atom is -0.382 e. The van der Waals surface area contributed by atoms with Crippen LogP contribution in [-0.2, 0) is 0 Å². The van der Waals surface area contributed by atoms with E-state index in [4.69, 9.17) is 5.73 Å². The fraction of sp³-hybridized carbons (Fsp3) is 0.267. The zero-order valence-corrected chi connectivity index (χ0v) is 12.0. The van der Waals surface area contributed by atoms with Crippen molar-refractivity contribution < 1.29 is 4.79 Å². The van der Waals surface area contributed by atoms with E-state index in [0.717, 1.165) is 18.7 Å². The lowest BCUT2D eigenvalue weighted by Crippen LogP contribution is -2.29. The van der Waals surface area contributed by atoms with E-state index in [-0.39, 0.29) is 17.4 Å². The Hall–Kier alpha value is -2.63. The number of nitrogens with zero attached hydrogens (tertiary/aromatic N) is 3. The van der Waals surface area contributed by atoms with Crippen LogP contribution in [0.1, 0.15) is 16.9 Å². The van der Waals surface area contributed by atoms with Gasteiger partial charge in [0.25, 0.3) is 5.91 Å². The van der Waals surface area contributed by atoms with Gasteiger partial charge < -0.3 is 16.0 Å². The molecule has 2 aromatic rings. The number of hydrogen-bond acceptors (Lipinski definition) is 5. The molecule has 1 aromatic heterocycles. The second kappa shape index (κ2) is 7.23. The number of benzene rings is 1. The second-order valence-corrected chi connectivity index (χ2v) is 4.70. The predicted molar refractivity (Wildman–Crippen MR) is 83.1 cm³/mol. The van der Waals surface area contributed by atoms with Crippen LogP contribution in [0.25, 0.3) is 0 Å². The minimum atomic E-state index is -0.253. The van der Waals surface area contributed by atoms with Gasteiger partial charge in [0.15, 0.2) is 0 Å². The largest absolute Gasteiger partial charge is 0.382 e. The van der Waals surface area contributed by atoms with Crippen LogP contribution in [0, 0.1) is 0 Å². The highest BCUT2D eigenvalue weighted by molar-refractivity contribution is 5.92. The molecule has 0 saturated carbocycles. The SMILES string of the molecule is CN(CCCNC(=O)c1cncc(N)n1)c1ccccc1. The molecule has 0 saturated heterocycles. The summed E-state index contributed by atoms with van der Waals surface area (Å²) >= 11 is 0. The van der Waals surface area contributed by atoms with Crippen LogP contribution in [0.2, 0.25) is 0 Å². The predicted octanol–water partition coefficient (Wildman–Crippen LogP) is 1.32. The van der Waals surface area contributed by atoms with Crippen LogP contribution in [0.4, 0.5) is 11.5 Å². The fourth-order valence-corrected chi connectivity index (χ4v) is 1.91. The molecule has 0 aliphatic rings. The number of carbonyl (C=O) groups excluding carboxylic acids is 1. The van der Waals surface area contributed by atoms with Crippen molar-refractivity contribution in [1.29, 1.82) is 0 Å². The Kier molecular flexibility index (Phi) is 5.09. The molecule has 21 heavy (non-hydrogen) atoms. The lowest BCUT2D eigenvalue weighted by molar-refractivity contribution is 0.0948. The number of amides is 1. The molecule has 6 nitrogen and oxygen atoms in total. The van der Waals surface area contributed by atoms with E-state index in [1.165, 1.54) is 12.4 Å². The third kappa shape index (κ3) is 4.45. The number of carbonyl (C=O) groups is 1. The first-order chi connectivity index (χ1) is 10.2. The Bertz CT molecular complexity index is 588. The number of anilines is 2. The van der Waals surface area contributed by atoms with Gasteiger partial charge in [-0.25, -0.2) is 4.98 Å². The molecule has 1 amide bonds. The molecular formula is C15H19N5O. The molecule has 1 aromatic carbocycles. The van der Waals surface area contributed by atoms with Gasteiger partial charge in [-0.15, -0.1) is 0 Å². The lowest BCUT2D eigenvalue weighted by Gasteiger charge is -2.19. The number of nitrogens with one attached hydrogen (secondary N) is 1. The fourth-order valence-electron chi connectivity index (χ4n) is 1.91. The second-order valence-electron chi connectivity index (χ2n) is 4.70. The van der Waals surface area contributed by atoms with Crippen LogP contribution in [0.3, 0.4) is 0 Å². The van der Waals surface area contributed by atoms with Gasteiger partial charge in [-0.1, -0.05) is 18.2 Å². The van der Waals surface area contributed by atoms with Crippen LogP contribution in [0.15, 0.2) is 42.7 Å². The van der Waals surface area contributed by atoms with Crippen LogP contribution in [0.5, 0.6) is 0 Å². The summed E-state index contributed by atoms with van der Waals surface area (Å²) in [6.45, 7) is 1.43. The van der Waals surface area contributed by atoms with Gasteiger partial charge in [0, 0.05) is 25.8 Å². The Labute approximate surface area is 124 Å². The smallest absolute Gasteiger partial charge is 0.271 e. The molecular weight excluding hydrogens is 266 g/mol. The first-order valence-electron chi connectivity index (χ1n) is 6.79. The van der Waals surface area contributed by atoms with E-state index in [2.05, 4.69) is 32.3 Å². The summed E-state index contributed by atoms with van der Waals surface area (Å²) in [5, 5.41) is 2.81. The summed E-state index contributed by atoms with van der Waals surface area (Å²) in [6, 6.07) is 10.1. The topological polar surface area (TPSA) is 84.1 Å². The zero-order chi connectivity index (χ0) is 15.1. The van der Waals surface area contributed by atoms with E-state index in [1.807, 2.05) is 25.2 Å². The molecule has 1 heterocycles. The summed E-state index contributed by atoms with van der Waals surface area (Å²) in [6.07, 6.45) is 3.65. The number of nitrogens with two attached hydrogens (primary N) is 1. The Morgan fingerprint density at radius 3 is 2.76 bits per heavy atom. The molecule has 3 N–H and O–H groups in total. The highest BCUT2D eigenvalue weighted by Gasteiger charge is 2.07. The Balaban J connectivity index is 1.74. The number of rotatable bonds is 6. The van der Waals surface area contributed by atoms with Gasteiger partial charge >= 0.3 is 0 Å². The standard InChI is InChI=1S/C15H19N5O/c1-20(12-6-3-2-4-7-12)9-5-8-18-15(21)13-10-17-11-14(16)19-13/h2-4,6-7,10-11H,5,8-9H2,1H3,(H2,16,19)(H,18,21). The molecule has 0 bridgehead atoms. The summed E-state index contributed by atoms with van der Waals surface area (Å²) < 4.78 is 0. The van der Waals surface area contributed by atoms with Gasteiger partial charge in [-0.05, 0) is 18.6 Å². The number of para-hydroxylation sites is 1. The van der Waals surface area contributed by atoms with E-state index >= 15 is 0 Å². The van der Waals surface area contributed by atoms with Crippen molar-refractivity contribution in [2.75, 3.05) is 30.8 Å². The molecule has 0 unspecified atom stereocenters. The molecule has 0 atom stereocenters. The van der Waals surface area contributed by atoms with E-state index < -0.39 is 0 Å². The highest BCUT2D eigenvalue weighted by Crippen LogP contribution is 2.10. The molecule has 0 fully saturated rings. The third-order valence-electron chi connectivity index (χ3n) is 3.04. The Morgan fingerprint density at radius 1 is 1.29 bits per heavy atom. The summed E-state index contributed by atoms with van der Waals surface area (Å²) in [5.74, 6) is -0.0105. The third-order valence-corrected chi connectivity index (χ3v) is 3.04. The zero-order valence-electron chi connectivity index (χ0n) is 12.0. The van der Waals surface area contributed by atoms with Crippen molar-refractivity contribution in [1.82, 2.24) is 15.3 Å². The van der Waals surface area contributed by atoms with Gasteiger partial charge in [0.05, 0.1) is 12.4 Å². The van der Waals surface area contributed by atoms with Crippen molar-refractivity contribution in [2.45, 2.75) is 6.42 Å². The summed E-state index contributed by atoms with van der Waals surface area (Å²) in [4.78, 5) is 21.7. The summed E-state index contributed by atoms with van der Waals surface area (Å²) in [7, 11) is 2.03. The average molecular weight is 285 g/mol. The van der Waals surface area contributed by atoms with Crippen LogP contribution < -0.4 is 16.0 Å². The van der Waals surface area contributed by atoms with Crippen LogP contribution in [-0.4, -0.2) is 36.0 Å². The van der Waals surface area contributed by atoms with E-state index in [9.17, 15) is 4.79 Å². The monoisotopic (exact) mass is 285 g/mol. The van der Waals surface area contributed by atoms with Crippen molar-refractivity contribution >= 4 is 17.4 Å². The molecule has 0 aliphatic heterocycles. The molecule has 0 aliphatic carbocycles. The van der Waals surface area contributed by atoms with Gasteiger partial charge in [0.1, 0.15) is 11.5 Å². The van der Waals surface area contributed by atoms with Gasteiger partial charge in [-0.2, -0.15) is 0 Å². The van der Waals surface area contributed by atoms with E-state index in [0.29, 0.717) is 6.54 Å². The highest BCUT2D eigenvalue weighted by atomic mass is 16.1. The van der Waals surface area contributed by atoms with Gasteiger partial charge in [-0.3, -0.25) is 9.78 Å². The van der Waals surface area contributed by atoms with Crippen molar-refractivity contribution in [3.05, 3.63) is 48.4 Å². The van der Waals surface area contributed by atoms with Crippen LogP contribution >= 0.6 is 0 Å². The molecule has 6 heteroatoms. The molecule has 2 rings (SSSR count). The normalized spacial score (nSPS) is 10.1. The molecule has 0 radical (unpaired) electrons. The average Bonchev–Trinajstić information content (AvgIpc) is 2.52.